The Hall–Kier alpha value is -1.09. The number of rotatable bonds is 2. The molecule has 0 aliphatic rings. The highest BCUT2D eigenvalue weighted by atomic mass is 35.5. The topological polar surface area (TPSA) is 43.1 Å². The highest BCUT2D eigenvalue weighted by molar-refractivity contribution is 6.30. The van der Waals surface area contributed by atoms with Crippen LogP contribution in [0.3, 0.4) is 0 Å². The van der Waals surface area contributed by atoms with Gasteiger partial charge in [0.05, 0.1) is 11.4 Å². The van der Waals surface area contributed by atoms with E-state index in [1.165, 1.54) is 0 Å². The van der Waals surface area contributed by atoms with Crippen molar-refractivity contribution >= 4 is 23.1 Å². The normalized spacial score (nSPS) is 10.1. The van der Waals surface area contributed by atoms with Gasteiger partial charge in [-0.2, -0.15) is 0 Å². The monoisotopic (exact) mass is 201 g/mol. The molecule has 0 saturated carbocycles. The van der Waals surface area contributed by atoms with Crippen molar-refractivity contribution in [1.29, 1.82) is 0 Å². The van der Waals surface area contributed by atoms with Gasteiger partial charge < -0.3 is 5.73 Å². The molecule has 0 radical (unpaired) electrons. The highest BCUT2D eigenvalue weighted by Gasteiger charge is 2.13. The molecule has 2 nitrogen and oxygen atoms in total. The number of halogens is 2. The van der Waals surface area contributed by atoms with E-state index in [1.54, 1.807) is 13.0 Å². The molecule has 1 aromatic carbocycles. The van der Waals surface area contributed by atoms with Gasteiger partial charge >= 0.3 is 0 Å². The first kappa shape index (κ1) is 9.99. The number of hydrogen-bond donors (Lipinski definition) is 1. The SMILES string of the molecule is Cc1cc(N)cc(F)c1C(=O)CCl. The van der Waals surface area contributed by atoms with E-state index in [1.807, 2.05) is 0 Å². The number of aryl methyl sites for hydroxylation is 1. The van der Waals surface area contributed by atoms with Crippen molar-refractivity contribution in [2.24, 2.45) is 0 Å². The molecule has 0 spiro atoms. The van der Waals surface area contributed by atoms with Gasteiger partial charge in [0.25, 0.3) is 0 Å². The molecule has 1 rings (SSSR count). The molecule has 0 heterocycles. The lowest BCUT2D eigenvalue weighted by Crippen LogP contribution is -2.07. The summed E-state index contributed by atoms with van der Waals surface area (Å²) in [5.74, 6) is -1.25. The van der Waals surface area contributed by atoms with Crippen molar-refractivity contribution in [3.8, 4) is 0 Å². The number of hydrogen-bond acceptors (Lipinski definition) is 2. The second-order valence-corrected chi connectivity index (χ2v) is 3.02. The van der Waals surface area contributed by atoms with E-state index >= 15 is 0 Å². The molecule has 0 bridgehead atoms. The minimum Gasteiger partial charge on any atom is -0.399 e. The van der Waals surface area contributed by atoms with Crippen LogP contribution in [0.5, 0.6) is 0 Å². The van der Waals surface area contributed by atoms with Crippen LogP contribution in [0.4, 0.5) is 10.1 Å². The van der Waals surface area contributed by atoms with E-state index < -0.39 is 11.6 Å². The Morgan fingerprint density at radius 1 is 1.62 bits per heavy atom. The molecule has 0 amide bonds. The summed E-state index contributed by atoms with van der Waals surface area (Å²) in [4.78, 5) is 11.2. The Kier molecular flexibility index (Phi) is 2.88. The van der Waals surface area contributed by atoms with Gasteiger partial charge in [-0.05, 0) is 24.6 Å². The van der Waals surface area contributed by atoms with Gasteiger partial charge in [0.2, 0.25) is 0 Å². The molecule has 0 aliphatic heterocycles. The molecule has 70 valence electrons. The third-order valence-electron chi connectivity index (χ3n) is 1.71. The maximum atomic E-state index is 13.2. The average molecular weight is 202 g/mol. The van der Waals surface area contributed by atoms with Gasteiger partial charge in [0.15, 0.2) is 5.78 Å². The van der Waals surface area contributed by atoms with Gasteiger partial charge in [-0.3, -0.25) is 4.79 Å². The Bertz CT molecular complexity index is 328. The number of ketones is 1. The number of carbonyl (C=O) groups excluding carboxylic acids is 1. The minimum atomic E-state index is -0.608. The molecule has 0 atom stereocenters. The summed E-state index contributed by atoms with van der Waals surface area (Å²) in [6, 6.07) is 2.66. The van der Waals surface area contributed by atoms with Crippen LogP contribution >= 0.6 is 11.6 Å². The maximum absolute atomic E-state index is 13.2. The summed E-state index contributed by atoms with van der Waals surface area (Å²) < 4.78 is 13.2. The smallest absolute Gasteiger partial charge is 0.180 e. The number of benzene rings is 1. The molecule has 1 aromatic rings. The van der Waals surface area contributed by atoms with Gasteiger partial charge in [0.1, 0.15) is 5.82 Å². The predicted octanol–water partition coefficient (Wildman–Crippen LogP) is 2.14. The van der Waals surface area contributed by atoms with Crippen molar-refractivity contribution in [2.45, 2.75) is 6.92 Å². The van der Waals surface area contributed by atoms with Gasteiger partial charge in [0, 0.05) is 5.69 Å². The number of alkyl halides is 1. The van der Waals surface area contributed by atoms with Crippen molar-refractivity contribution in [1.82, 2.24) is 0 Å². The van der Waals surface area contributed by atoms with Gasteiger partial charge in [-0.15, -0.1) is 11.6 Å². The second-order valence-electron chi connectivity index (χ2n) is 2.75. The molecule has 2 N–H and O–H groups in total. The Balaban J connectivity index is 3.28. The summed E-state index contributed by atoms with van der Waals surface area (Å²) in [5, 5.41) is 0. The molecule has 4 heteroatoms. The van der Waals surface area contributed by atoms with E-state index in [2.05, 4.69) is 0 Å². The van der Waals surface area contributed by atoms with Crippen molar-refractivity contribution < 1.29 is 9.18 Å². The fraction of sp³-hybridized carbons (Fsp3) is 0.222. The lowest BCUT2D eigenvalue weighted by atomic mass is 10.0. The van der Waals surface area contributed by atoms with E-state index in [-0.39, 0.29) is 11.4 Å². The van der Waals surface area contributed by atoms with Gasteiger partial charge in [-0.25, -0.2) is 4.39 Å². The first-order valence-corrected chi connectivity index (χ1v) is 4.24. The van der Waals surface area contributed by atoms with Crippen molar-refractivity contribution in [3.05, 3.63) is 29.1 Å². The van der Waals surface area contributed by atoms with Crippen LogP contribution in [0, 0.1) is 12.7 Å². The number of Topliss-reactive ketones (excluding diaryl/α,β-unsaturated/α-hetero) is 1. The Morgan fingerprint density at radius 3 is 2.69 bits per heavy atom. The van der Waals surface area contributed by atoms with E-state index in [0.29, 0.717) is 11.3 Å². The van der Waals surface area contributed by atoms with Crippen LogP contribution in [0.1, 0.15) is 15.9 Å². The summed E-state index contributed by atoms with van der Waals surface area (Å²) in [7, 11) is 0. The molecule has 0 aliphatic carbocycles. The molecule has 0 aromatic heterocycles. The van der Waals surface area contributed by atoms with Crippen LogP contribution < -0.4 is 5.73 Å². The first-order chi connectivity index (χ1) is 6.06. The third-order valence-corrected chi connectivity index (χ3v) is 1.95. The standard InChI is InChI=1S/C9H9ClFNO/c1-5-2-6(12)3-7(11)9(5)8(13)4-10/h2-3H,4,12H2,1H3. The van der Waals surface area contributed by atoms with Crippen molar-refractivity contribution in [3.63, 3.8) is 0 Å². The lowest BCUT2D eigenvalue weighted by molar-refractivity contribution is 0.101. The quantitative estimate of drug-likeness (QED) is 0.453. The molecule has 0 fully saturated rings. The second kappa shape index (κ2) is 3.75. The summed E-state index contributed by atoms with van der Waals surface area (Å²) in [6.45, 7) is 1.62. The summed E-state index contributed by atoms with van der Waals surface area (Å²) >= 11 is 5.32. The zero-order valence-electron chi connectivity index (χ0n) is 7.10. The van der Waals surface area contributed by atoms with Crippen LogP contribution in [0.25, 0.3) is 0 Å². The average Bonchev–Trinajstić information content (AvgIpc) is 2.02. The molecule has 0 unspecified atom stereocenters. The largest absolute Gasteiger partial charge is 0.399 e. The van der Waals surface area contributed by atoms with E-state index in [0.717, 1.165) is 6.07 Å². The number of nitrogens with two attached hydrogens (primary N) is 1. The Morgan fingerprint density at radius 2 is 2.23 bits per heavy atom. The number of nitrogen functional groups attached to an aromatic ring is 1. The maximum Gasteiger partial charge on any atom is 0.180 e. The molecule has 0 saturated heterocycles. The van der Waals surface area contributed by atoms with Crippen molar-refractivity contribution in [2.75, 3.05) is 11.6 Å². The molecule has 13 heavy (non-hydrogen) atoms. The predicted molar refractivity (Wildman–Crippen MR) is 50.6 cm³/mol. The Labute approximate surface area is 80.5 Å². The van der Waals surface area contributed by atoms with Crippen LogP contribution in [-0.4, -0.2) is 11.7 Å². The first-order valence-electron chi connectivity index (χ1n) is 3.71. The lowest BCUT2D eigenvalue weighted by Gasteiger charge is -2.05. The summed E-state index contributed by atoms with van der Waals surface area (Å²) in [6.07, 6.45) is 0. The van der Waals surface area contributed by atoms with Gasteiger partial charge in [-0.1, -0.05) is 0 Å². The zero-order chi connectivity index (χ0) is 10.0. The zero-order valence-corrected chi connectivity index (χ0v) is 7.86. The minimum absolute atomic E-state index is 0.0317. The third kappa shape index (κ3) is 1.98. The van der Waals surface area contributed by atoms with E-state index in [4.69, 9.17) is 17.3 Å². The van der Waals surface area contributed by atoms with Crippen LogP contribution in [0.2, 0.25) is 0 Å². The van der Waals surface area contributed by atoms with E-state index in [9.17, 15) is 9.18 Å². The van der Waals surface area contributed by atoms with Crippen LogP contribution in [-0.2, 0) is 0 Å². The fourth-order valence-electron chi connectivity index (χ4n) is 1.19. The summed E-state index contributed by atoms with van der Waals surface area (Å²) in [5.41, 5.74) is 6.24. The molecular formula is C9H9ClFNO. The fourth-order valence-corrected chi connectivity index (χ4v) is 1.32. The number of anilines is 1. The molecular weight excluding hydrogens is 193 g/mol. The van der Waals surface area contributed by atoms with Crippen LogP contribution in [0.15, 0.2) is 12.1 Å². The number of carbonyl (C=O) groups is 1. The highest BCUT2D eigenvalue weighted by Crippen LogP contribution is 2.18.